The lowest BCUT2D eigenvalue weighted by Gasteiger charge is -1.84. The van der Waals surface area contributed by atoms with E-state index in [2.05, 4.69) is 18.8 Å². The first-order valence-electron chi connectivity index (χ1n) is 2.65. The van der Waals surface area contributed by atoms with E-state index in [1.807, 2.05) is 7.05 Å². The van der Waals surface area contributed by atoms with E-state index in [4.69, 9.17) is 0 Å². The number of hydrogen-bond donors (Lipinski definition) is 1. The zero-order valence-corrected chi connectivity index (χ0v) is 6.23. The summed E-state index contributed by atoms with van der Waals surface area (Å²) in [5, 5.41) is 6.40. The smallest absolute Gasteiger partial charge is 0.115 e. The number of rotatable bonds is 1. The summed E-state index contributed by atoms with van der Waals surface area (Å²) in [4.78, 5) is 0. The Bertz CT molecular complexity index is 117. The Morgan fingerprint density at radius 3 is 2.00 bits per heavy atom. The fourth-order valence-corrected chi connectivity index (χ4v) is 2.93. The van der Waals surface area contributed by atoms with Crippen molar-refractivity contribution in [1.29, 1.82) is 0 Å². The highest BCUT2D eigenvalue weighted by Gasteiger charge is 2.27. The van der Waals surface area contributed by atoms with Crippen LogP contribution in [0.3, 0.4) is 0 Å². The maximum Gasteiger partial charge on any atom is 0.115 e. The predicted molar refractivity (Wildman–Crippen MR) is 34.8 cm³/mol. The average Bonchev–Trinajstić information content (AvgIpc) is 2.17. The topological polar surface area (TPSA) is 12.0 Å². The minimum absolute atomic E-state index is 0.376. The second-order valence-electron chi connectivity index (χ2n) is 2.07. The Hall–Kier alpha value is -0.243. The number of allylic oxidation sites excluding steroid dienone is 1. The third-order valence-electron chi connectivity index (χ3n) is 1.69. The van der Waals surface area contributed by atoms with Crippen molar-refractivity contribution in [1.82, 2.24) is 5.32 Å². The van der Waals surface area contributed by atoms with Gasteiger partial charge < -0.3 is 5.32 Å². The first kappa shape index (κ1) is 4.90. The molecular weight excluding hydrogens is 102 g/mol. The Morgan fingerprint density at radius 2 is 2.00 bits per heavy atom. The van der Waals surface area contributed by atoms with Crippen molar-refractivity contribution >= 4 is 8.80 Å². The van der Waals surface area contributed by atoms with Crippen LogP contribution in [0.2, 0.25) is 6.55 Å². The van der Waals surface area contributed by atoms with Crippen LogP contribution in [0.25, 0.3) is 0 Å². The summed E-state index contributed by atoms with van der Waals surface area (Å²) in [5.74, 6) is 0. The summed E-state index contributed by atoms with van der Waals surface area (Å²) in [7, 11) is 1.63. The molecule has 0 aromatic carbocycles. The molecule has 0 bridgehead atoms. The molecule has 0 saturated carbocycles. The molecule has 1 unspecified atom stereocenters. The van der Waals surface area contributed by atoms with Crippen molar-refractivity contribution in [3.05, 3.63) is 10.5 Å². The lowest BCUT2D eigenvalue weighted by molar-refractivity contribution is 1.08. The van der Waals surface area contributed by atoms with Crippen LogP contribution >= 0.6 is 0 Å². The van der Waals surface area contributed by atoms with E-state index >= 15 is 0 Å². The van der Waals surface area contributed by atoms with E-state index in [1.165, 1.54) is 0 Å². The van der Waals surface area contributed by atoms with Gasteiger partial charge in [0.15, 0.2) is 0 Å². The van der Waals surface area contributed by atoms with Crippen LogP contribution in [0.4, 0.5) is 0 Å². The summed E-state index contributed by atoms with van der Waals surface area (Å²) in [6.45, 7) is 4.57. The normalized spacial score (nSPS) is 28.1. The molecule has 1 aliphatic rings. The van der Waals surface area contributed by atoms with Crippen LogP contribution in [0.1, 0.15) is 6.92 Å². The van der Waals surface area contributed by atoms with Gasteiger partial charge in [0.1, 0.15) is 8.80 Å². The Kier molecular flexibility index (Phi) is 0.959. The van der Waals surface area contributed by atoms with Gasteiger partial charge in [0.25, 0.3) is 0 Å². The Morgan fingerprint density at radius 1 is 1.57 bits per heavy atom. The third kappa shape index (κ3) is 0.588. The summed E-state index contributed by atoms with van der Waals surface area (Å²) in [6.07, 6.45) is 0. The van der Waals surface area contributed by atoms with E-state index in [0.717, 1.165) is 0 Å². The molecule has 1 rings (SSSR count). The average molecular weight is 113 g/mol. The lowest BCUT2D eigenvalue weighted by Crippen LogP contribution is -2.02. The molecule has 0 radical (unpaired) electrons. The van der Waals surface area contributed by atoms with Crippen LogP contribution < -0.4 is 5.32 Å². The van der Waals surface area contributed by atoms with Gasteiger partial charge in [-0.05, 0) is 12.2 Å². The van der Waals surface area contributed by atoms with Crippen molar-refractivity contribution in [3.63, 3.8) is 0 Å². The van der Waals surface area contributed by atoms with Gasteiger partial charge in [-0.2, -0.15) is 0 Å². The molecule has 0 amide bonds. The van der Waals surface area contributed by atoms with E-state index in [9.17, 15) is 0 Å². The van der Waals surface area contributed by atoms with E-state index in [1.54, 1.807) is 10.5 Å². The molecule has 0 aromatic rings. The van der Waals surface area contributed by atoms with Crippen molar-refractivity contribution in [2.75, 3.05) is 7.05 Å². The molecule has 1 N–H and O–H groups in total. The zero-order valence-electron chi connectivity index (χ0n) is 5.08. The molecule has 2 heteroatoms. The summed E-state index contributed by atoms with van der Waals surface area (Å²) < 4.78 is 0. The van der Waals surface area contributed by atoms with Crippen molar-refractivity contribution in [2.24, 2.45) is 0 Å². The van der Waals surface area contributed by atoms with Crippen molar-refractivity contribution in [3.8, 4) is 0 Å². The molecule has 1 heterocycles. The molecule has 0 fully saturated rings. The third-order valence-corrected chi connectivity index (χ3v) is 4.58. The second-order valence-corrected chi connectivity index (χ2v) is 4.96. The summed E-state index contributed by atoms with van der Waals surface area (Å²) in [5.41, 5.74) is 0. The molecule has 1 aliphatic heterocycles. The molecule has 0 spiro atoms. The van der Waals surface area contributed by atoms with Gasteiger partial charge in [-0.1, -0.05) is 11.7 Å². The number of hydrogen-bond acceptors (Lipinski definition) is 1. The molecule has 1 atom stereocenters. The van der Waals surface area contributed by atoms with Gasteiger partial charge in [0.05, 0.1) is 0 Å². The molecule has 0 aliphatic carbocycles. The first-order valence-corrected chi connectivity index (χ1v) is 4.96. The standard InChI is InChI=1S/C5H11NSi/c1-4-5(6-2)7(4)3/h6-7H,1-3H3. The van der Waals surface area contributed by atoms with Crippen molar-refractivity contribution in [2.45, 2.75) is 13.5 Å². The largest absolute Gasteiger partial charge is 0.395 e. The molecule has 0 saturated heterocycles. The molecule has 1 nitrogen and oxygen atoms in total. The predicted octanol–water partition coefficient (Wildman–Crippen LogP) is 0.429. The van der Waals surface area contributed by atoms with E-state index in [-0.39, 0.29) is 8.80 Å². The highest BCUT2D eigenvalue weighted by atomic mass is 28.3. The Balaban J connectivity index is 2.44. The number of nitrogens with one attached hydrogen (secondary N) is 1. The molecule has 0 aromatic heterocycles. The first-order chi connectivity index (χ1) is 3.27. The van der Waals surface area contributed by atoms with Crippen LogP contribution in [0.15, 0.2) is 10.5 Å². The zero-order chi connectivity index (χ0) is 5.44. The highest BCUT2D eigenvalue weighted by molar-refractivity contribution is 6.83. The summed E-state index contributed by atoms with van der Waals surface area (Å²) in [6, 6.07) is 0. The monoisotopic (exact) mass is 113 g/mol. The van der Waals surface area contributed by atoms with Crippen LogP contribution in [0, 0.1) is 0 Å². The Labute approximate surface area is 46.0 Å². The van der Waals surface area contributed by atoms with Gasteiger partial charge in [0, 0.05) is 7.05 Å². The van der Waals surface area contributed by atoms with Gasteiger partial charge in [-0.25, -0.2) is 0 Å². The van der Waals surface area contributed by atoms with Crippen LogP contribution in [0.5, 0.6) is 0 Å². The minimum atomic E-state index is -0.376. The maximum absolute atomic E-state index is 3.18. The lowest BCUT2D eigenvalue weighted by atomic mass is 10.7. The highest BCUT2D eigenvalue weighted by Crippen LogP contribution is 2.24. The fourth-order valence-electron chi connectivity index (χ4n) is 0.894. The van der Waals surface area contributed by atoms with Crippen LogP contribution in [-0.2, 0) is 0 Å². The van der Waals surface area contributed by atoms with Crippen molar-refractivity contribution < 1.29 is 0 Å². The fraction of sp³-hybridized carbons (Fsp3) is 0.600. The maximum atomic E-state index is 3.18. The molecule has 7 heavy (non-hydrogen) atoms. The van der Waals surface area contributed by atoms with E-state index in [0.29, 0.717) is 0 Å². The van der Waals surface area contributed by atoms with E-state index < -0.39 is 0 Å². The van der Waals surface area contributed by atoms with Gasteiger partial charge >= 0.3 is 0 Å². The second kappa shape index (κ2) is 1.37. The SMILES string of the molecule is CNC1=C(C)[SiH]1C. The van der Waals surface area contributed by atoms with Gasteiger partial charge in [-0.3, -0.25) is 0 Å². The van der Waals surface area contributed by atoms with Crippen LogP contribution in [-0.4, -0.2) is 15.8 Å². The molecule has 40 valence electrons. The molecular formula is C5H11NSi. The quantitative estimate of drug-likeness (QED) is 0.486. The van der Waals surface area contributed by atoms with Gasteiger partial charge in [-0.15, -0.1) is 0 Å². The summed E-state index contributed by atoms with van der Waals surface area (Å²) >= 11 is 0. The minimum Gasteiger partial charge on any atom is -0.395 e. The van der Waals surface area contributed by atoms with Gasteiger partial charge in [0.2, 0.25) is 0 Å².